The maximum Gasteiger partial charge on any atom is 0.251 e. The fourth-order valence-electron chi connectivity index (χ4n) is 5.74. The van der Waals surface area contributed by atoms with Crippen molar-refractivity contribution >= 4 is 39.2 Å². The molecule has 0 saturated carbocycles. The zero-order valence-corrected chi connectivity index (χ0v) is 27.3. The molecule has 3 unspecified atom stereocenters. The average Bonchev–Trinajstić information content (AvgIpc) is 3.57. The van der Waals surface area contributed by atoms with Crippen molar-refractivity contribution in [2.75, 3.05) is 5.75 Å². The minimum absolute atomic E-state index is 0.00778. The summed E-state index contributed by atoms with van der Waals surface area (Å²) in [6, 6.07) is 41.9. The molecule has 6 nitrogen and oxygen atoms in total. The molecule has 1 aliphatic heterocycles. The van der Waals surface area contributed by atoms with Gasteiger partial charge in [0.2, 0.25) is 0 Å². The number of aliphatic hydroxyl groups excluding tert-OH is 1. The van der Waals surface area contributed by atoms with Gasteiger partial charge in [-0.15, -0.1) is 11.3 Å². The average molecular weight is 659 g/mol. The lowest BCUT2D eigenvalue weighted by molar-refractivity contribution is -0.245. The first-order valence-corrected chi connectivity index (χ1v) is 17.4. The molecule has 1 fully saturated rings. The first-order chi connectivity index (χ1) is 23.1. The van der Waals surface area contributed by atoms with Crippen molar-refractivity contribution in [3.05, 3.63) is 155 Å². The molecule has 5 aromatic carbocycles. The predicted molar refractivity (Wildman–Crippen MR) is 188 cm³/mol. The number of thiazole rings is 1. The minimum Gasteiger partial charge on any atom is -0.392 e. The first-order valence-electron chi connectivity index (χ1n) is 15.6. The number of hydrogen-bond donors (Lipinski definition) is 2. The SMILES string of the molecule is O=C(NCc1ccccc1-c1ccc(C2OC(CSc3nc4ccccc4s3)CC(c3ccc(CO)cc3)O2)cc1)c1ccccc1. The van der Waals surface area contributed by atoms with Gasteiger partial charge in [-0.3, -0.25) is 4.79 Å². The molecule has 7 rings (SSSR count). The van der Waals surface area contributed by atoms with Crippen LogP contribution in [0.3, 0.4) is 0 Å². The summed E-state index contributed by atoms with van der Waals surface area (Å²) in [4.78, 5) is 17.5. The summed E-state index contributed by atoms with van der Waals surface area (Å²) in [6.07, 6.45) is -0.0350. The van der Waals surface area contributed by atoms with Crippen LogP contribution in [0.25, 0.3) is 21.3 Å². The van der Waals surface area contributed by atoms with Crippen molar-refractivity contribution in [3.8, 4) is 11.1 Å². The highest BCUT2D eigenvalue weighted by molar-refractivity contribution is 8.01. The number of fused-ring (bicyclic) bond motifs is 1. The fourth-order valence-corrected chi connectivity index (χ4v) is 7.85. The van der Waals surface area contributed by atoms with E-state index >= 15 is 0 Å². The van der Waals surface area contributed by atoms with E-state index in [2.05, 4.69) is 41.7 Å². The van der Waals surface area contributed by atoms with Gasteiger partial charge in [0.05, 0.1) is 29.0 Å². The van der Waals surface area contributed by atoms with Crippen LogP contribution in [-0.4, -0.2) is 27.9 Å². The second-order valence-electron chi connectivity index (χ2n) is 11.4. The number of aliphatic hydroxyl groups is 1. The van der Waals surface area contributed by atoms with E-state index in [4.69, 9.17) is 14.5 Å². The van der Waals surface area contributed by atoms with Crippen LogP contribution in [0.4, 0.5) is 0 Å². The van der Waals surface area contributed by atoms with Gasteiger partial charge in [-0.05, 0) is 52.1 Å². The molecule has 0 radical (unpaired) electrons. The Labute approximate surface area is 282 Å². The van der Waals surface area contributed by atoms with E-state index in [0.717, 1.165) is 49.0 Å². The largest absolute Gasteiger partial charge is 0.392 e. The lowest BCUT2D eigenvalue weighted by Gasteiger charge is -2.36. The highest BCUT2D eigenvalue weighted by Gasteiger charge is 2.32. The zero-order valence-electron chi connectivity index (χ0n) is 25.6. The summed E-state index contributed by atoms with van der Waals surface area (Å²) in [5.41, 5.74) is 7.68. The van der Waals surface area contributed by atoms with E-state index in [9.17, 15) is 9.90 Å². The molecule has 47 heavy (non-hydrogen) atoms. The van der Waals surface area contributed by atoms with Crippen molar-refractivity contribution in [2.24, 2.45) is 0 Å². The van der Waals surface area contributed by atoms with E-state index < -0.39 is 6.29 Å². The first kappa shape index (κ1) is 31.3. The molecule has 0 aliphatic carbocycles. The second-order valence-corrected chi connectivity index (χ2v) is 13.7. The molecule has 236 valence electrons. The van der Waals surface area contributed by atoms with Crippen LogP contribution in [0.1, 0.15) is 51.4 Å². The summed E-state index contributed by atoms with van der Waals surface area (Å²) >= 11 is 3.43. The van der Waals surface area contributed by atoms with E-state index in [-0.39, 0.29) is 24.7 Å². The molecule has 6 aromatic rings. The molecule has 1 aromatic heterocycles. The maximum absolute atomic E-state index is 12.7. The number of rotatable bonds is 10. The number of thioether (sulfide) groups is 1. The molecule has 1 saturated heterocycles. The Bertz CT molecular complexity index is 1910. The van der Waals surface area contributed by atoms with E-state index in [1.807, 2.05) is 91.0 Å². The van der Waals surface area contributed by atoms with Crippen LogP contribution < -0.4 is 5.32 Å². The fraction of sp³-hybridized carbons (Fsp3) is 0.179. The zero-order chi connectivity index (χ0) is 32.0. The Morgan fingerprint density at radius 3 is 2.34 bits per heavy atom. The van der Waals surface area contributed by atoms with E-state index in [1.54, 1.807) is 23.1 Å². The van der Waals surface area contributed by atoms with Gasteiger partial charge in [0.25, 0.3) is 5.91 Å². The quantitative estimate of drug-likeness (QED) is 0.143. The van der Waals surface area contributed by atoms with Crippen LogP contribution >= 0.6 is 23.1 Å². The molecular formula is C39H34N2O4S2. The van der Waals surface area contributed by atoms with Gasteiger partial charge >= 0.3 is 0 Å². The van der Waals surface area contributed by atoms with Crippen molar-refractivity contribution in [1.82, 2.24) is 10.3 Å². The molecule has 8 heteroatoms. The number of ether oxygens (including phenoxy) is 2. The molecule has 0 bridgehead atoms. The van der Waals surface area contributed by atoms with Crippen molar-refractivity contribution < 1.29 is 19.4 Å². The summed E-state index contributed by atoms with van der Waals surface area (Å²) in [7, 11) is 0. The number of nitrogens with zero attached hydrogens (tertiary/aromatic N) is 1. The van der Waals surface area contributed by atoms with E-state index in [0.29, 0.717) is 18.5 Å². The number of amides is 1. The number of benzene rings is 5. The Kier molecular flexibility index (Phi) is 9.74. The second kappa shape index (κ2) is 14.6. The number of aromatic nitrogens is 1. The summed E-state index contributed by atoms with van der Waals surface area (Å²) in [5.74, 6) is 0.657. The Morgan fingerprint density at radius 1 is 0.830 bits per heavy atom. The monoisotopic (exact) mass is 658 g/mol. The molecule has 1 aliphatic rings. The highest BCUT2D eigenvalue weighted by Crippen LogP contribution is 2.40. The number of carbonyl (C=O) groups excluding carboxylic acids is 1. The third-order valence-corrected chi connectivity index (χ3v) is 10.6. The molecule has 2 heterocycles. The van der Waals surface area contributed by atoms with E-state index in [1.165, 1.54) is 4.70 Å². The third-order valence-electron chi connectivity index (χ3n) is 8.27. The Hall–Kier alpha value is -4.31. The van der Waals surface area contributed by atoms with Gasteiger partial charge in [0.15, 0.2) is 10.6 Å². The molecule has 2 N–H and O–H groups in total. The smallest absolute Gasteiger partial charge is 0.251 e. The molecule has 0 spiro atoms. The summed E-state index contributed by atoms with van der Waals surface area (Å²) in [6.45, 7) is 0.430. The summed E-state index contributed by atoms with van der Waals surface area (Å²) < 4.78 is 15.4. The van der Waals surface area contributed by atoms with Crippen LogP contribution in [0, 0.1) is 0 Å². The lowest BCUT2D eigenvalue weighted by atomic mass is 9.97. The normalized spacial score (nSPS) is 17.9. The Morgan fingerprint density at radius 2 is 1.55 bits per heavy atom. The standard InChI is InChI=1S/C39H34N2O4S2/c42-24-26-14-16-28(17-15-26)35-22-32(25-46-39-41-34-12-6-7-13-36(34)47-39)44-38(45-35)30-20-18-27(19-21-30)33-11-5-4-10-31(33)23-40-37(43)29-8-2-1-3-9-29/h1-21,32,35,38,42H,22-25H2,(H,40,43). The third kappa shape index (κ3) is 7.48. The lowest BCUT2D eigenvalue weighted by Crippen LogP contribution is -2.31. The van der Waals surface area contributed by atoms with Gasteiger partial charge in [-0.25, -0.2) is 4.98 Å². The predicted octanol–water partition coefficient (Wildman–Crippen LogP) is 8.72. The number of para-hydroxylation sites is 1. The maximum atomic E-state index is 12.7. The van der Waals surface area contributed by atoms with Crippen LogP contribution in [0.2, 0.25) is 0 Å². The number of nitrogens with one attached hydrogen (secondary N) is 1. The number of hydrogen-bond acceptors (Lipinski definition) is 7. The molecule has 3 atom stereocenters. The molecule has 1 amide bonds. The number of carbonyl (C=O) groups is 1. The molecular weight excluding hydrogens is 625 g/mol. The van der Waals surface area contributed by atoms with Gasteiger partial charge in [0, 0.05) is 29.8 Å². The van der Waals surface area contributed by atoms with Gasteiger partial charge in [-0.2, -0.15) is 0 Å². The van der Waals surface area contributed by atoms with Crippen LogP contribution in [0.15, 0.2) is 132 Å². The topological polar surface area (TPSA) is 80.7 Å². The summed E-state index contributed by atoms with van der Waals surface area (Å²) in [5, 5.41) is 12.6. The Balaban J connectivity index is 1.08. The van der Waals surface area contributed by atoms with Gasteiger partial charge in [0.1, 0.15) is 0 Å². The van der Waals surface area contributed by atoms with Gasteiger partial charge in [-0.1, -0.05) is 115 Å². The van der Waals surface area contributed by atoms with Crippen molar-refractivity contribution in [3.63, 3.8) is 0 Å². The van der Waals surface area contributed by atoms with Gasteiger partial charge < -0.3 is 19.9 Å². The van der Waals surface area contributed by atoms with Crippen molar-refractivity contribution in [1.29, 1.82) is 0 Å². The highest BCUT2D eigenvalue weighted by atomic mass is 32.2. The van der Waals surface area contributed by atoms with Crippen molar-refractivity contribution in [2.45, 2.75) is 42.4 Å². The van der Waals surface area contributed by atoms with Crippen LogP contribution in [-0.2, 0) is 22.6 Å². The van der Waals surface area contributed by atoms with Crippen LogP contribution in [0.5, 0.6) is 0 Å². The minimum atomic E-state index is -0.540.